The van der Waals surface area contributed by atoms with Gasteiger partial charge in [-0.1, -0.05) is 15.9 Å². The van der Waals surface area contributed by atoms with E-state index < -0.39 is 18.0 Å². The number of aliphatic hydroxyl groups is 2. The zero-order chi connectivity index (χ0) is 10.7. The van der Waals surface area contributed by atoms with Gasteiger partial charge in [0.15, 0.2) is 0 Å². The summed E-state index contributed by atoms with van der Waals surface area (Å²) in [4.78, 5) is 0. The van der Waals surface area contributed by atoms with Gasteiger partial charge in [-0.05, 0) is 17.7 Å². The molecule has 2 unspecified atom stereocenters. The molecule has 1 rings (SSSR count). The highest BCUT2D eigenvalue weighted by Gasteiger charge is 2.18. The molecule has 1 aromatic rings. The van der Waals surface area contributed by atoms with Gasteiger partial charge in [0.25, 0.3) is 0 Å². The first-order valence-electron chi connectivity index (χ1n) is 3.96. The van der Waals surface area contributed by atoms with Crippen LogP contribution in [0.4, 0.5) is 4.39 Å². The van der Waals surface area contributed by atoms with Gasteiger partial charge in [0.1, 0.15) is 17.7 Å². The van der Waals surface area contributed by atoms with Crippen LogP contribution in [0.15, 0.2) is 18.2 Å². The van der Waals surface area contributed by atoms with Crippen molar-refractivity contribution in [3.05, 3.63) is 29.6 Å². The van der Waals surface area contributed by atoms with Crippen LogP contribution < -0.4 is 0 Å². The first-order valence-corrected chi connectivity index (χ1v) is 5.08. The van der Waals surface area contributed by atoms with Gasteiger partial charge in [0.2, 0.25) is 0 Å². The highest BCUT2D eigenvalue weighted by atomic mass is 79.9. The molecular weight excluding hydrogens is 255 g/mol. The maximum atomic E-state index is 12.8. The van der Waals surface area contributed by atoms with E-state index in [2.05, 4.69) is 15.9 Å². The minimum atomic E-state index is -1.21. The van der Waals surface area contributed by atoms with Crippen molar-refractivity contribution in [1.29, 1.82) is 0 Å². The lowest BCUT2D eigenvalue weighted by Crippen LogP contribution is -2.19. The van der Waals surface area contributed by atoms with Crippen molar-refractivity contribution < 1.29 is 19.7 Å². The second kappa shape index (κ2) is 4.72. The van der Waals surface area contributed by atoms with E-state index in [1.165, 1.54) is 6.07 Å². The quantitative estimate of drug-likeness (QED) is 0.722. The Hall–Kier alpha value is -0.650. The maximum Gasteiger partial charge on any atom is 0.127 e. The van der Waals surface area contributed by atoms with Crippen LogP contribution in [0.3, 0.4) is 0 Å². The van der Waals surface area contributed by atoms with Crippen LogP contribution >= 0.6 is 15.9 Å². The Balaban J connectivity index is 2.94. The number of aliphatic hydroxyl groups excluding tert-OH is 2. The molecule has 0 radical (unpaired) electrons. The molecule has 0 aliphatic rings. The number of rotatable bonds is 3. The van der Waals surface area contributed by atoms with E-state index in [0.717, 1.165) is 12.1 Å². The van der Waals surface area contributed by atoms with Gasteiger partial charge in [-0.2, -0.15) is 0 Å². The molecule has 3 nitrogen and oxygen atoms in total. The van der Waals surface area contributed by atoms with Gasteiger partial charge in [-0.3, -0.25) is 0 Å². The topological polar surface area (TPSA) is 60.7 Å². The Morgan fingerprint density at radius 3 is 2.43 bits per heavy atom. The smallest absolute Gasteiger partial charge is 0.127 e. The van der Waals surface area contributed by atoms with Crippen molar-refractivity contribution in [2.75, 3.05) is 5.33 Å². The summed E-state index contributed by atoms with van der Waals surface area (Å²) in [5, 5.41) is 28.0. The summed E-state index contributed by atoms with van der Waals surface area (Å²) in [7, 11) is 0. The standard InChI is InChI=1S/C9H10BrFO3/c10-4-8(13)9(14)5-1-6(11)3-7(12)2-5/h1-3,8-9,12-14H,4H2. The summed E-state index contributed by atoms with van der Waals surface area (Å²) in [6.45, 7) is 0. The fourth-order valence-corrected chi connectivity index (χ4v) is 1.43. The normalized spacial score (nSPS) is 15.1. The lowest BCUT2D eigenvalue weighted by Gasteiger charge is -2.15. The Labute approximate surface area is 88.9 Å². The van der Waals surface area contributed by atoms with Gasteiger partial charge in [0, 0.05) is 11.4 Å². The first kappa shape index (κ1) is 11.4. The highest BCUT2D eigenvalue weighted by Crippen LogP contribution is 2.23. The number of benzene rings is 1. The van der Waals surface area contributed by atoms with E-state index in [4.69, 9.17) is 5.11 Å². The Morgan fingerprint density at radius 1 is 1.29 bits per heavy atom. The minimum absolute atomic E-state index is 0.148. The third-order valence-corrected chi connectivity index (χ3v) is 2.43. The Bertz CT molecular complexity index is 299. The fraction of sp³-hybridized carbons (Fsp3) is 0.333. The van der Waals surface area contributed by atoms with E-state index in [9.17, 15) is 14.6 Å². The second-order valence-electron chi connectivity index (χ2n) is 2.91. The van der Waals surface area contributed by atoms with Crippen molar-refractivity contribution in [2.24, 2.45) is 0 Å². The van der Waals surface area contributed by atoms with E-state index in [1.54, 1.807) is 0 Å². The molecule has 3 N–H and O–H groups in total. The van der Waals surface area contributed by atoms with Crippen LogP contribution in [0, 0.1) is 5.82 Å². The molecule has 0 aliphatic heterocycles. The van der Waals surface area contributed by atoms with Crippen LogP contribution in [0.2, 0.25) is 0 Å². The predicted octanol–water partition coefficient (Wildman–Crippen LogP) is 1.32. The number of phenolic OH excluding ortho intramolecular Hbond substituents is 1. The molecule has 14 heavy (non-hydrogen) atoms. The molecule has 0 spiro atoms. The predicted molar refractivity (Wildman–Crippen MR) is 52.8 cm³/mol. The summed E-state index contributed by atoms with van der Waals surface area (Å²) in [5.41, 5.74) is 0.148. The molecule has 0 heterocycles. The van der Waals surface area contributed by atoms with Crippen LogP contribution in [0.5, 0.6) is 5.75 Å². The molecule has 0 fully saturated rings. The molecule has 0 bridgehead atoms. The molecule has 78 valence electrons. The van der Waals surface area contributed by atoms with Crippen molar-refractivity contribution in [2.45, 2.75) is 12.2 Å². The minimum Gasteiger partial charge on any atom is -0.508 e. The Morgan fingerprint density at radius 2 is 1.93 bits per heavy atom. The molecule has 0 aromatic heterocycles. The largest absolute Gasteiger partial charge is 0.508 e. The molecule has 2 atom stereocenters. The molecule has 0 aliphatic carbocycles. The van der Waals surface area contributed by atoms with Gasteiger partial charge in [0.05, 0.1) is 6.10 Å². The SMILES string of the molecule is Oc1cc(F)cc(C(O)C(O)CBr)c1. The molecule has 5 heteroatoms. The summed E-state index contributed by atoms with van der Waals surface area (Å²) < 4.78 is 12.8. The zero-order valence-electron chi connectivity index (χ0n) is 7.19. The maximum absolute atomic E-state index is 12.8. The zero-order valence-corrected chi connectivity index (χ0v) is 8.78. The summed E-state index contributed by atoms with van der Waals surface area (Å²) in [6, 6.07) is 3.20. The second-order valence-corrected chi connectivity index (χ2v) is 3.56. The molecule has 0 saturated carbocycles. The van der Waals surface area contributed by atoms with Crippen molar-refractivity contribution in [3.8, 4) is 5.75 Å². The number of aromatic hydroxyl groups is 1. The molecule has 1 aromatic carbocycles. The van der Waals surface area contributed by atoms with Gasteiger partial charge >= 0.3 is 0 Å². The number of phenols is 1. The average molecular weight is 265 g/mol. The van der Waals surface area contributed by atoms with Gasteiger partial charge in [-0.15, -0.1) is 0 Å². The first-order chi connectivity index (χ1) is 6.54. The lowest BCUT2D eigenvalue weighted by molar-refractivity contribution is 0.0340. The average Bonchev–Trinajstić information content (AvgIpc) is 2.14. The third kappa shape index (κ3) is 2.67. The number of hydrogen-bond donors (Lipinski definition) is 3. The lowest BCUT2D eigenvalue weighted by atomic mass is 10.1. The summed E-state index contributed by atoms with van der Waals surface area (Å²) >= 11 is 2.98. The Kier molecular flexibility index (Phi) is 3.86. The van der Waals surface area contributed by atoms with E-state index >= 15 is 0 Å². The highest BCUT2D eigenvalue weighted by molar-refractivity contribution is 9.09. The molecular formula is C9H10BrFO3. The van der Waals surface area contributed by atoms with Crippen LogP contribution in [-0.4, -0.2) is 26.8 Å². The molecule has 0 saturated heterocycles. The number of alkyl halides is 1. The van der Waals surface area contributed by atoms with Crippen molar-refractivity contribution in [3.63, 3.8) is 0 Å². The van der Waals surface area contributed by atoms with Gasteiger partial charge in [-0.25, -0.2) is 4.39 Å². The van der Waals surface area contributed by atoms with Crippen molar-refractivity contribution in [1.82, 2.24) is 0 Å². The van der Waals surface area contributed by atoms with E-state index in [1.807, 2.05) is 0 Å². The third-order valence-electron chi connectivity index (χ3n) is 1.77. The van der Waals surface area contributed by atoms with E-state index in [-0.39, 0.29) is 16.6 Å². The number of halogens is 2. The van der Waals surface area contributed by atoms with Gasteiger partial charge < -0.3 is 15.3 Å². The van der Waals surface area contributed by atoms with Crippen LogP contribution in [0.1, 0.15) is 11.7 Å². The van der Waals surface area contributed by atoms with Crippen LogP contribution in [-0.2, 0) is 0 Å². The van der Waals surface area contributed by atoms with E-state index in [0.29, 0.717) is 0 Å². The van der Waals surface area contributed by atoms with Crippen molar-refractivity contribution >= 4 is 15.9 Å². The monoisotopic (exact) mass is 264 g/mol. The fourth-order valence-electron chi connectivity index (χ4n) is 1.07. The molecule has 0 amide bonds. The van der Waals surface area contributed by atoms with Crippen LogP contribution in [0.25, 0.3) is 0 Å². The summed E-state index contributed by atoms with van der Waals surface area (Å²) in [6.07, 6.45) is -2.24. The number of hydrogen-bond acceptors (Lipinski definition) is 3. The summed E-state index contributed by atoms with van der Waals surface area (Å²) in [5.74, 6) is -0.929.